The summed E-state index contributed by atoms with van der Waals surface area (Å²) in [7, 11) is -2.32. The molecule has 0 saturated heterocycles. The highest BCUT2D eigenvalue weighted by Crippen LogP contribution is 2.21. The van der Waals surface area contributed by atoms with Crippen LogP contribution in [0.15, 0.2) is 53.4 Å². The quantitative estimate of drug-likeness (QED) is 0.571. The molecule has 0 aliphatic carbocycles. The number of hydrogen-bond donors (Lipinski definition) is 3. The Kier molecular flexibility index (Phi) is 9.24. The number of halogens is 1. The van der Waals surface area contributed by atoms with E-state index in [2.05, 4.69) is 15.4 Å². The van der Waals surface area contributed by atoms with E-state index in [-0.39, 0.29) is 40.5 Å². The minimum Gasteiger partial charge on any atom is -0.497 e. The number of methoxy groups -OCH3 is 1. The Morgan fingerprint density at radius 2 is 1.75 bits per heavy atom. The summed E-state index contributed by atoms with van der Waals surface area (Å²) in [6, 6.07) is 12.6. The summed E-state index contributed by atoms with van der Waals surface area (Å²) < 4.78 is 32.8. The van der Waals surface area contributed by atoms with Crippen LogP contribution in [0.25, 0.3) is 0 Å². The predicted octanol–water partition coefficient (Wildman–Crippen LogP) is 2.65. The highest BCUT2D eigenvalue weighted by Gasteiger charge is 2.19. The maximum absolute atomic E-state index is 12.6. The van der Waals surface area contributed by atoms with Crippen LogP contribution in [0.2, 0.25) is 0 Å². The number of hydrogen-bond acceptors (Lipinski definition) is 5. The Hall–Kier alpha value is -2.29. The smallest absolute Gasteiger partial charge is 0.261 e. The Balaban J connectivity index is 0.00000392. The zero-order valence-electron chi connectivity index (χ0n) is 16.1. The molecule has 3 N–H and O–H groups in total. The van der Waals surface area contributed by atoms with Crippen LogP contribution in [-0.2, 0) is 10.0 Å². The van der Waals surface area contributed by atoms with E-state index >= 15 is 0 Å². The van der Waals surface area contributed by atoms with Gasteiger partial charge in [0.1, 0.15) is 5.75 Å². The van der Waals surface area contributed by atoms with Crippen molar-refractivity contribution < 1.29 is 17.9 Å². The first-order valence-corrected chi connectivity index (χ1v) is 10.1. The van der Waals surface area contributed by atoms with Crippen molar-refractivity contribution in [2.75, 3.05) is 24.9 Å². The van der Waals surface area contributed by atoms with Gasteiger partial charge in [-0.1, -0.05) is 19.1 Å². The number of sulfonamides is 1. The third-order valence-electron chi connectivity index (χ3n) is 3.91. The molecule has 9 heteroatoms. The molecule has 0 fully saturated rings. The van der Waals surface area contributed by atoms with E-state index < -0.39 is 10.0 Å². The lowest BCUT2D eigenvalue weighted by molar-refractivity contribution is 0.0951. The predicted molar refractivity (Wildman–Crippen MR) is 113 cm³/mol. The zero-order chi connectivity index (χ0) is 19.9. The summed E-state index contributed by atoms with van der Waals surface area (Å²) in [5, 5.41) is 6.01. The number of anilines is 1. The normalized spacial score (nSPS) is 11.8. The average molecular weight is 428 g/mol. The highest BCUT2D eigenvalue weighted by molar-refractivity contribution is 7.92. The van der Waals surface area contributed by atoms with Gasteiger partial charge >= 0.3 is 0 Å². The van der Waals surface area contributed by atoms with E-state index in [1.807, 2.05) is 13.8 Å². The van der Waals surface area contributed by atoms with Crippen molar-refractivity contribution in [3.8, 4) is 5.75 Å². The molecule has 28 heavy (non-hydrogen) atoms. The van der Waals surface area contributed by atoms with Gasteiger partial charge in [-0.2, -0.15) is 0 Å². The fourth-order valence-corrected chi connectivity index (χ4v) is 3.57. The van der Waals surface area contributed by atoms with Crippen LogP contribution >= 0.6 is 12.4 Å². The van der Waals surface area contributed by atoms with Gasteiger partial charge in [-0.3, -0.25) is 9.52 Å². The summed E-state index contributed by atoms with van der Waals surface area (Å²) in [5.74, 6) is 0.219. The number of nitrogens with one attached hydrogen (secondary N) is 3. The van der Waals surface area contributed by atoms with Crippen molar-refractivity contribution in [3.05, 3.63) is 54.1 Å². The van der Waals surface area contributed by atoms with Crippen LogP contribution in [0, 0.1) is 0 Å². The van der Waals surface area contributed by atoms with Crippen molar-refractivity contribution >= 4 is 34.0 Å². The van der Waals surface area contributed by atoms with Gasteiger partial charge in [-0.25, -0.2) is 8.42 Å². The molecule has 0 aliphatic rings. The average Bonchev–Trinajstić information content (AvgIpc) is 2.66. The molecule has 0 radical (unpaired) electrons. The second-order valence-electron chi connectivity index (χ2n) is 6.00. The third kappa shape index (κ3) is 6.40. The van der Waals surface area contributed by atoms with Crippen LogP contribution in [0.3, 0.4) is 0 Å². The molecule has 0 aromatic heterocycles. The first kappa shape index (κ1) is 23.7. The van der Waals surface area contributed by atoms with Gasteiger partial charge in [0.05, 0.1) is 23.3 Å². The van der Waals surface area contributed by atoms with Gasteiger partial charge in [-0.05, 0) is 49.9 Å². The lowest BCUT2D eigenvalue weighted by atomic mass is 10.1. The molecule has 0 heterocycles. The Morgan fingerprint density at radius 3 is 2.36 bits per heavy atom. The largest absolute Gasteiger partial charge is 0.497 e. The van der Waals surface area contributed by atoms with Crippen molar-refractivity contribution in [2.24, 2.45) is 0 Å². The standard InChI is InChI=1S/C19H25N3O4S.ClH/c1-4-20-14(2)13-21-19(23)17-7-5-6-8-18(17)22-27(24,25)16-11-9-15(26-3)10-12-16;/h5-12,14,20,22H,4,13H2,1-3H3,(H,21,23);1H/t14-;/m1./s1. The van der Waals surface area contributed by atoms with Crippen LogP contribution in [-0.4, -0.2) is 40.6 Å². The van der Waals surface area contributed by atoms with Gasteiger partial charge in [0, 0.05) is 12.6 Å². The van der Waals surface area contributed by atoms with E-state index in [4.69, 9.17) is 4.74 Å². The molecular weight excluding hydrogens is 402 g/mol. The molecule has 1 atom stereocenters. The van der Waals surface area contributed by atoms with Gasteiger partial charge in [0.2, 0.25) is 0 Å². The van der Waals surface area contributed by atoms with Crippen molar-refractivity contribution in [1.82, 2.24) is 10.6 Å². The molecule has 0 unspecified atom stereocenters. The summed E-state index contributed by atoms with van der Waals surface area (Å²) in [6.45, 7) is 5.19. The van der Waals surface area contributed by atoms with E-state index in [1.54, 1.807) is 36.4 Å². The van der Waals surface area contributed by atoms with E-state index in [9.17, 15) is 13.2 Å². The fraction of sp³-hybridized carbons (Fsp3) is 0.316. The van der Waals surface area contributed by atoms with Crippen molar-refractivity contribution in [2.45, 2.75) is 24.8 Å². The molecule has 154 valence electrons. The Labute approximate surface area is 172 Å². The topological polar surface area (TPSA) is 96.5 Å². The molecule has 2 rings (SSSR count). The SMILES string of the molecule is CCN[C@H](C)CNC(=O)c1ccccc1NS(=O)(=O)c1ccc(OC)cc1.Cl. The summed E-state index contributed by atoms with van der Waals surface area (Å²) in [6.07, 6.45) is 0. The summed E-state index contributed by atoms with van der Waals surface area (Å²) >= 11 is 0. The number of carbonyl (C=O) groups excluding carboxylic acids is 1. The lowest BCUT2D eigenvalue weighted by Crippen LogP contribution is -2.39. The molecule has 0 bridgehead atoms. The fourth-order valence-electron chi connectivity index (χ4n) is 2.49. The molecular formula is C19H26ClN3O4S. The number of amides is 1. The molecule has 2 aromatic rings. The van der Waals surface area contributed by atoms with E-state index in [1.165, 1.54) is 19.2 Å². The number of ether oxygens (including phenoxy) is 1. The number of para-hydroxylation sites is 1. The zero-order valence-corrected chi connectivity index (χ0v) is 17.7. The lowest BCUT2D eigenvalue weighted by Gasteiger charge is -2.15. The first-order valence-electron chi connectivity index (χ1n) is 8.65. The number of likely N-dealkylation sites (N-methyl/N-ethyl adjacent to an activating group) is 1. The molecule has 0 spiro atoms. The van der Waals surface area contributed by atoms with Crippen LogP contribution < -0.4 is 20.1 Å². The Bertz CT molecular complexity index is 873. The number of rotatable bonds is 9. The molecule has 0 saturated carbocycles. The van der Waals surface area contributed by atoms with Crippen LogP contribution in [0.4, 0.5) is 5.69 Å². The minimum absolute atomic E-state index is 0. The monoisotopic (exact) mass is 427 g/mol. The van der Waals surface area contributed by atoms with E-state index in [0.717, 1.165) is 6.54 Å². The van der Waals surface area contributed by atoms with Gasteiger partial charge in [0.25, 0.3) is 15.9 Å². The van der Waals surface area contributed by atoms with Crippen LogP contribution in [0.1, 0.15) is 24.2 Å². The second-order valence-corrected chi connectivity index (χ2v) is 7.68. The molecule has 1 amide bonds. The van der Waals surface area contributed by atoms with Gasteiger partial charge in [0.15, 0.2) is 0 Å². The summed E-state index contributed by atoms with van der Waals surface area (Å²) in [5.41, 5.74) is 0.486. The number of benzene rings is 2. The third-order valence-corrected chi connectivity index (χ3v) is 5.29. The summed E-state index contributed by atoms with van der Waals surface area (Å²) in [4.78, 5) is 12.6. The number of carbonyl (C=O) groups is 1. The van der Waals surface area contributed by atoms with Crippen LogP contribution in [0.5, 0.6) is 5.75 Å². The highest BCUT2D eigenvalue weighted by atomic mass is 35.5. The maximum atomic E-state index is 12.6. The molecule has 2 aromatic carbocycles. The molecule has 7 nitrogen and oxygen atoms in total. The second kappa shape index (κ2) is 10.9. The maximum Gasteiger partial charge on any atom is 0.261 e. The van der Waals surface area contributed by atoms with Gasteiger partial charge < -0.3 is 15.4 Å². The van der Waals surface area contributed by atoms with Crippen molar-refractivity contribution in [3.63, 3.8) is 0 Å². The first-order chi connectivity index (χ1) is 12.9. The molecule has 0 aliphatic heterocycles. The van der Waals surface area contributed by atoms with E-state index in [0.29, 0.717) is 12.3 Å². The Morgan fingerprint density at radius 1 is 1.11 bits per heavy atom. The van der Waals surface area contributed by atoms with Crippen molar-refractivity contribution in [1.29, 1.82) is 0 Å². The van der Waals surface area contributed by atoms with Gasteiger partial charge in [-0.15, -0.1) is 12.4 Å². The minimum atomic E-state index is -3.83.